The van der Waals surface area contributed by atoms with E-state index >= 15 is 0 Å². The van der Waals surface area contributed by atoms with E-state index in [0.717, 1.165) is 9.75 Å². The average molecular weight is 277 g/mol. The summed E-state index contributed by atoms with van der Waals surface area (Å²) in [6.07, 6.45) is 0. The summed E-state index contributed by atoms with van der Waals surface area (Å²) in [4.78, 5) is 16.8. The molecule has 6 heteroatoms. The van der Waals surface area contributed by atoms with E-state index in [9.17, 15) is 4.79 Å². The van der Waals surface area contributed by atoms with E-state index in [2.05, 4.69) is 4.98 Å². The number of aromatic carboxylic acids is 1. The number of hydrogen-bond donors (Lipinski definition) is 1. The van der Waals surface area contributed by atoms with Crippen LogP contribution in [0.15, 0.2) is 39.4 Å². The first-order valence-corrected chi connectivity index (χ1v) is 6.83. The Bertz CT molecular complexity index is 668. The summed E-state index contributed by atoms with van der Waals surface area (Å²) in [5, 5.41) is 12.9. The summed E-state index contributed by atoms with van der Waals surface area (Å²) in [5.74, 6) is -0.406. The first-order valence-electron chi connectivity index (χ1n) is 5.07. The lowest BCUT2D eigenvalue weighted by molar-refractivity contribution is 0.0691. The molecular formula is C12H7NO3S2. The lowest BCUT2D eigenvalue weighted by Gasteiger charge is -1.91. The van der Waals surface area contributed by atoms with Crippen molar-refractivity contribution in [2.45, 2.75) is 0 Å². The fourth-order valence-electron chi connectivity index (χ4n) is 1.55. The summed E-state index contributed by atoms with van der Waals surface area (Å²) in [5.41, 5.74) is -0.0409. The lowest BCUT2D eigenvalue weighted by atomic mass is 10.3. The number of carboxylic acids is 1. The minimum atomic E-state index is -1.08. The smallest absolute Gasteiger partial charge is 0.358 e. The van der Waals surface area contributed by atoms with E-state index in [0.29, 0.717) is 11.7 Å². The van der Waals surface area contributed by atoms with Crippen molar-refractivity contribution in [2.75, 3.05) is 0 Å². The Balaban J connectivity index is 2.16. The van der Waals surface area contributed by atoms with E-state index in [4.69, 9.17) is 9.52 Å². The van der Waals surface area contributed by atoms with Gasteiger partial charge in [-0.3, -0.25) is 0 Å². The monoisotopic (exact) mass is 277 g/mol. The number of hydrogen-bond acceptors (Lipinski definition) is 5. The van der Waals surface area contributed by atoms with Crippen LogP contribution in [-0.4, -0.2) is 16.1 Å². The summed E-state index contributed by atoms with van der Waals surface area (Å²) in [6.45, 7) is 0. The molecule has 0 spiro atoms. The molecule has 0 bridgehead atoms. The number of carbonyl (C=O) groups is 1. The van der Waals surface area contributed by atoms with Crippen LogP contribution in [0.2, 0.25) is 0 Å². The van der Waals surface area contributed by atoms with Crippen LogP contribution in [0, 0.1) is 0 Å². The molecular weight excluding hydrogens is 270 g/mol. The largest absolute Gasteiger partial charge is 0.476 e. The molecule has 0 aliphatic heterocycles. The van der Waals surface area contributed by atoms with Crippen LogP contribution in [0.1, 0.15) is 10.5 Å². The van der Waals surface area contributed by atoms with Crippen molar-refractivity contribution in [3.8, 4) is 21.4 Å². The van der Waals surface area contributed by atoms with Crippen LogP contribution >= 0.6 is 22.7 Å². The topological polar surface area (TPSA) is 63.3 Å². The quantitative estimate of drug-likeness (QED) is 0.790. The van der Waals surface area contributed by atoms with Gasteiger partial charge in [0.1, 0.15) is 0 Å². The highest BCUT2D eigenvalue weighted by atomic mass is 32.1. The molecule has 0 aliphatic rings. The fourth-order valence-corrected chi connectivity index (χ4v) is 2.90. The Labute approximate surface area is 110 Å². The van der Waals surface area contributed by atoms with Gasteiger partial charge in [0.2, 0.25) is 5.89 Å². The summed E-state index contributed by atoms with van der Waals surface area (Å²) in [6, 6.07) is 7.38. The second kappa shape index (κ2) is 4.40. The standard InChI is InChI=1S/C12H7NO3S2/c14-12(15)9-10(7-3-1-5-17-7)16-11(13-9)8-4-2-6-18-8/h1-6H,(H,14,15). The van der Waals surface area contributed by atoms with Gasteiger partial charge < -0.3 is 9.52 Å². The second-order valence-corrected chi connectivity index (χ2v) is 5.35. The minimum Gasteiger partial charge on any atom is -0.476 e. The van der Waals surface area contributed by atoms with Gasteiger partial charge in [0, 0.05) is 0 Å². The van der Waals surface area contributed by atoms with Crippen molar-refractivity contribution in [2.24, 2.45) is 0 Å². The zero-order valence-corrected chi connectivity index (χ0v) is 10.6. The molecule has 90 valence electrons. The molecule has 0 amide bonds. The van der Waals surface area contributed by atoms with Crippen LogP contribution < -0.4 is 0 Å². The van der Waals surface area contributed by atoms with Crippen LogP contribution in [0.5, 0.6) is 0 Å². The molecule has 0 saturated carbocycles. The predicted octanol–water partition coefficient (Wildman–Crippen LogP) is 3.83. The highest BCUT2D eigenvalue weighted by Crippen LogP contribution is 2.33. The SMILES string of the molecule is O=C(O)c1nc(-c2cccs2)oc1-c1cccs1. The van der Waals surface area contributed by atoms with Crippen molar-refractivity contribution in [1.29, 1.82) is 0 Å². The summed E-state index contributed by atoms with van der Waals surface area (Å²) < 4.78 is 5.59. The van der Waals surface area contributed by atoms with Gasteiger partial charge in [0.05, 0.1) is 9.75 Å². The van der Waals surface area contributed by atoms with E-state index in [-0.39, 0.29) is 5.69 Å². The number of oxazole rings is 1. The molecule has 0 aliphatic carbocycles. The highest BCUT2D eigenvalue weighted by molar-refractivity contribution is 7.13. The first-order chi connectivity index (χ1) is 8.75. The lowest BCUT2D eigenvalue weighted by Crippen LogP contribution is -1.98. The first kappa shape index (κ1) is 11.2. The third kappa shape index (κ3) is 1.85. The van der Waals surface area contributed by atoms with Crippen LogP contribution in [0.3, 0.4) is 0 Å². The number of carboxylic acid groups (broad SMARTS) is 1. The Morgan fingerprint density at radius 2 is 1.83 bits per heavy atom. The maximum atomic E-state index is 11.2. The molecule has 0 unspecified atom stereocenters. The Morgan fingerprint density at radius 3 is 2.39 bits per heavy atom. The number of nitrogens with zero attached hydrogens (tertiary/aromatic N) is 1. The molecule has 3 aromatic rings. The van der Waals surface area contributed by atoms with Gasteiger partial charge in [0.25, 0.3) is 0 Å². The van der Waals surface area contributed by atoms with Crippen molar-refractivity contribution < 1.29 is 14.3 Å². The van der Waals surface area contributed by atoms with Gasteiger partial charge in [0.15, 0.2) is 11.5 Å². The molecule has 1 N–H and O–H groups in total. The molecule has 3 aromatic heterocycles. The minimum absolute atomic E-state index is 0.0409. The highest BCUT2D eigenvalue weighted by Gasteiger charge is 2.22. The van der Waals surface area contributed by atoms with Crippen LogP contribution in [0.25, 0.3) is 21.4 Å². The zero-order valence-electron chi connectivity index (χ0n) is 8.99. The van der Waals surface area contributed by atoms with Crippen molar-refractivity contribution in [1.82, 2.24) is 4.98 Å². The summed E-state index contributed by atoms with van der Waals surface area (Å²) >= 11 is 2.89. The average Bonchev–Trinajstić information content (AvgIpc) is 3.10. The molecule has 0 atom stereocenters. The Morgan fingerprint density at radius 1 is 1.17 bits per heavy atom. The molecule has 0 radical (unpaired) electrons. The third-order valence-electron chi connectivity index (χ3n) is 2.31. The van der Waals surface area contributed by atoms with Gasteiger partial charge in [-0.05, 0) is 22.9 Å². The summed E-state index contributed by atoms with van der Waals surface area (Å²) in [7, 11) is 0. The van der Waals surface area contributed by atoms with Gasteiger partial charge in [-0.2, -0.15) is 0 Å². The van der Waals surface area contributed by atoms with Crippen molar-refractivity contribution in [3.63, 3.8) is 0 Å². The van der Waals surface area contributed by atoms with Gasteiger partial charge >= 0.3 is 5.97 Å². The van der Waals surface area contributed by atoms with E-state index in [1.165, 1.54) is 22.7 Å². The third-order valence-corrected chi connectivity index (χ3v) is 4.03. The number of rotatable bonds is 3. The Hall–Kier alpha value is -1.92. The van der Waals surface area contributed by atoms with Crippen LogP contribution in [0.4, 0.5) is 0 Å². The molecule has 4 nitrogen and oxygen atoms in total. The maximum absolute atomic E-state index is 11.2. The van der Waals surface area contributed by atoms with Crippen LogP contribution in [-0.2, 0) is 0 Å². The van der Waals surface area contributed by atoms with Crippen molar-refractivity contribution >= 4 is 28.6 Å². The molecule has 3 heterocycles. The van der Waals surface area contributed by atoms with E-state index in [1.54, 1.807) is 0 Å². The molecule has 0 fully saturated rings. The second-order valence-electron chi connectivity index (χ2n) is 3.46. The van der Waals surface area contributed by atoms with Crippen molar-refractivity contribution in [3.05, 3.63) is 40.7 Å². The van der Waals surface area contributed by atoms with Gasteiger partial charge in [-0.15, -0.1) is 22.7 Å². The normalized spacial score (nSPS) is 10.7. The fraction of sp³-hybridized carbons (Fsp3) is 0. The molecule has 0 aromatic carbocycles. The van der Waals surface area contributed by atoms with E-state index in [1.807, 2.05) is 35.0 Å². The van der Waals surface area contributed by atoms with E-state index < -0.39 is 5.97 Å². The van der Waals surface area contributed by atoms with Gasteiger partial charge in [-0.25, -0.2) is 9.78 Å². The maximum Gasteiger partial charge on any atom is 0.358 e. The van der Waals surface area contributed by atoms with Gasteiger partial charge in [-0.1, -0.05) is 12.1 Å². The number of thiophene rings is 2. The zero-order chi connectivity index (χ0) is 12.5. The molecule has 18 heavy (non-hydrogen) atoms. The predicted molar refractivity (Wildman–Crippen MR) is 70.1 cm³/mol. The number of aromatic nitrogens is 1. The Kier molecular flexibility index (Phi) is 2.73. The molecule has 3 rings (SSSR count). The molecule has 0 saturated heterocycles.